The molecular formula is C6H10INO. The van der Waals surface area contributed by atoms with Gasteiger partial charge in [-0.2, -0.15) is 0 Å². The van der Waals surface area contributed by atoms with Gasteiger partial charge < -0.3 is 4.90 Å². The van der Waals surface area contributed by atoms with Crippen molar-refractivity contribution in [3.05, 3.63) is 0 Å². The highest BCUT2D eigenvalue weighted by atomic mass is 127. The molecule has 2 atom stereocenters. The van der Waals surface area contributed by atoms with Gasteiger partial charge in [-0.05, 0) is 5.92 Å². The first-order chi connectivity index (χ1) is 4.13. The van der Waals surface area contributed by atoms with Crippen LogP contribution >= 0.6 is 22.6 Å². The quantitative estimate of drug-likeness (QED) is 0.454. The number of alkyl halides is 1. The van der Waals surface area contributed by atoms with Gasteiger partial charge in [0.2, 0.25) is 5.91 Å². The zero-order valence-corrected chi connectivity index (χ0v) is 7.75. The fraction of sp³-hybridized carbons (Fsp3) is 0.833. The van der Waals surface area contributed by atoms with Crippen molar-refractivity contribution in [2.45, 2.75) is 10.8 Å². The number of halogens is 1. The fourth-order valence-corrected chi connectivity index (χ4v) is 1.77. The van der Waals surface area contributed by atoms with E-state index < -0.39 is 0 Å². The predicted octanol–water partition coefficient (Wildman–Crippen LogP) is 0.898. The maximum absolute atomic E-state index is 11.0. The van der Waals surface area contributed by atoms with Crippen LogP contribution in [0.4, 0.5) is 0 Å². The van der Waals surface area contributed by atoms with Crippen LogP contribution in [0.5, 0.6) is 0 Å². The molecule has 2 unspecified atom stereocenters. The standard InChI is InChI=1S/C6H10INO/c1-4-3-8(2)6(9)5(4)7/h4-5H,3H2,1-2H3. The minimum absolute atomic E-state index is 0.215. The molecule has 0 bridgehead atoms. The molecule has 0 aromatic carbocycles. The second kappa shape index (κ2) is 2.44. The van der Waals surface area contributed by atoms with Crippen molar-refractivity contribution in [3.63, 3.8) is 0 Å². The Morgan fingerprint density at radius 2 is 2.33 bits per heavy atom. The minimum atomic E-state index is 0.215. The number of amides is 1. The largest absolute Gasteiger partial charge is 0.345 e. The molecule has 9 heavy (non-hydrogen) atoms. The molecule has 1 saturated heterocycles. The SMILES string of the molecule is CC1CN(C)C(=O)C1I. The van der Waals surface area contributed by atoms with Gasteiger partial charge in [-0.1, -0.05) is 29.5 Å². The summed E-state index contributed by atoms with van der Waals surface area (Å²) < 4.78 is 0.215. The van der Waals surface area contributed by atoms with Gasteiger partial charge in [0.25, 0.3) is 0 Å². The fourth-order valence-electron chi connectivity index (χ4n) is 1.07. The number of hydrogen-bond acceptors (Lipinski definition) is 1. The zero-order valence-electron chi connectivity index (χ0n) is 5.60. The number of nitrogens with zero attached hydrogens (tertiary/aromatic N) is 1. The predicted molar refractivity (Wildman–Crippen MR) is 44.6 cm³/mol. The van der Waals surface area contributed by atoms with Crippen LogP contribution in [-0.2, 0) is 4.79 Å². The van der Waals surface area contributed by atoms with E-state index in [-0.39, 0.29) is 9.83 Å². The Balaban J connectivity index is 2.65. The van der Waals surface area contributed by atoms with E-state index in [1.165, 1.54) is 0 Å². The molecular weight excluding hydrogens is 229 g/mol. The smallest absolute Gasteiger partial charge is 0.235 e. The summed E-state index contributed by atoms with van der Waals surface area (Å²) in [7, 11) is 1.86. The van der Waals surface area contributed by atoms with E-state index in [4.69, 9.17) is 0 Å². The summed E-state index contributed by atoms with van der Waals surface area (Å²) >= 11 is 2.21. The van der Waals surface area contributed by atoms with E-state index in [1.54, 1.807) is 4.90 Å². The van der Waals surface area contributed by atoms with Crippen LogP contribution in [0.3, 0.4) is 0 Å². The Morgan fingerprint density at radius 3 is 2.44 bits per heavy atom. The van der Waals surface area contributed by atoms with E-state index in [2.05, 4.69) is 29.5 Å². The van der Waals surface area contributed by atoms with Crippen LogP contribution in [0.25, 0.3) is 0 Å². The molecule has 0 aliphatic carbocycles. The van der Waals surface area contributed by atoms with Crippen LogP contribution < -0.4 is 0 Å². The average molecular weight is 239 g/mol. The van der Waals surface area contributed by atoms with Crippen LogP contribution in [0.1, 0.15) is 6.92 Å². The molecule has 0 aromatic rings. The van der Waals surface area contributed by atoms with Gasteiger partial charge in [-0.15, -0.1) is 0 Å². The topological polar surface area (TPSA) is 20.3 Å². The van der Waals surface area contributed by atoms with Gasteiger partial charge in [0.1, 0.15) is 0 Å². The molecule has 0 radical (unpaired) electrons. The lowest BCUT2D eigenvalue weighted by molar-refractivity contribution is -0.125. The van der Waals surface area contributed by atoms with Crippen LogP contribution in [-0.4, -0.2) is 28.3 Å². The number of rotatable bonds is 0. The summed E-state index contributed by atoms with van der Waals surface area (Å²) in [6.45, 7) is 3.03. The third kappa shape index (κ3) is 1.20. The van der Waals surface area contributed by atoms with E-state index in [0.717, 1.165) is 6.54 Å². The lowest BCUT2D eigenvalue weighted by atomic mass is 10.2. The van der Waals surface area contributed by atoms with Gasteiger partial charge in [-0.25, -0.2) is 0 Å². The van der Waals surface area contributed by atoms with Crippen molar-refractivity contribution in [1.82, 2.24) is 4.90 Å². The Labute approximate surface area is 68.7 Å². The molecule has 1 aliphatic heterocycles. The molecule has 0 N–H and O–H groups in total. The third-order valence-electron chi connectivity index (χ3n) is 1.67. The molecule has 0 spiro atoms. The van der Waals surface area contributed by atoms with Crippen LogP contribution in [0, 0.1) is 5.92 Å². The number of carbonyl (C=O) groups is 1. The summed E-state index contributed by atoms with van der Waals surface area (Å²) in [4.78, 5) is 12.8. The number of hydrogen-bond donors (Lipinski definition) is 0. The third-order valence-corrected chi connectivity index (χ3v) is 3.43. The van der Waals surface area contributed by atoms with E-state index >= 15 is 0 Å². The Kier molecular flexibility index (Phi) is 1.98. The summed E-state index contributed by atoms with van der Waals surface area (Å²) in [5.41, 5.74) is 0. The van der Waals surface area contributed by atoms with Gasteiger partial charge >= 0.3 is 0 Å². The molecule has 1 heterocycles. The lowest BCUT2D eigenvalue weighted by Gasteiger charge is -2.04. The van der Waals surface area contributed by atoms with Crippen molar-refractivity contribution < 1.29 is 4.79 Å². The van der Waals surface area contributed by atoms with Crippen molar-refractivity contribution in [2.24, 2.45) is 5.92 Å². The molecule has 0 saturated carbocycles. The first kappa shape index (κ1) is 7.31. The minimum Gasteiger partial charge on any atom is -0.345 e. The molecule has 52 valence electrons. The van der Waals surface area contributed by atoms with Crippen molar-refractivity contribution in [2.75, 3.05) is 13.6 Å². The monoisotopic (exact) mass is 239 g/mol. The first-order valence-electron chi connectivity index (χ1n) is 3.02. The van der Waals surface area contributed by atoms with Crippen molar-refractivity contribution >= 4 is 28.5 Å². The Morgan fingerprint density at radius 1 is 1.78 bits per heavy atom. The van der Waals surface area contributed by atoms with Crippen LogP contribution in [0.2, 0.25) is 0 Å². The van der Waals surface area contributed by atoms with Gasteiger partial charge in [0, 0.05) is 13.6 Å². The van der Waals surface area contributed by atoms with Gasteiger partial charge in [0.05, 0.1) is 3.92 Å². The maximum atomic E-state index is 11.0. The normalized spacial score (nSPS) is 35.9. The molecule has 1 amide bonds. The molecule has 1 aliphatic rings. The molecule has 0 aromatic heterocycles. The summed E-state index contributed by atoms with van der Waals surface area (Å²) in [6, 6.07) is 0. The molecule has 1 rings (SSSR count). The van der Waals surface area contributed by atoms with Crippen LogP contribution in [0.15, 0.2) is 0 Å². The molecule has 1 fully saturated rings. The van der Waals surface area contributed by atoms with E-state index in [0.29, 0.717) is 5.92 Å². The van der Waals surface area contributed by atoms with Crippen molar-refractivity contribution in [1.29, 1.82) is 0 Å². The second-order valence-electron chi connectivity index (χ2n) is 2.60. The number of likely N-dealkylation sites (tertiary alicyclic amines) is 1. The average Bonchev–Trinajstić information content (AvgIpc) is 1.98. The number of carbonyl (C=O) groups excluding carboxylic acids is 1. The van der Waals surface area contributed by atoms with E-state index in [9.17, 15) is 4.79 Å². The molecule has 2 nitrogen and oxygen atoms in total. The van der Waals surface area contributed by atoms with E-state index in [1.807, 2.05) is 7.05 Å². The highest BCUT2D eigenvalue weighted by Crippen LogP contribution is 2.23. The van der Waals surface area contributed by atoms with Gasteiger partial charge in [-0.3, -0.25) is 4.79 Å². The first-order valence-corrected chi connectivity index (χ1v) is 4.26. The highest BCUT2D eigenvalue weighted by Gasteiger charge is 2.32. The summed E-state index contributed by atoms with van der Waals surface area (Å²) in [5.74, 6) is 0.811. The molecule has 3 heteroatoms. The lowest BCUT2D eigenvalue weighted by Crippen LogP contribution is -2.22. The maximum Gasteiger partial charge on any atom is 0.235 e. The summed E-state index contributed by atoms with van der Waals surface area (Å²) in [6.07, 6.45) is 0. The second-order valence-corrected chi connectivity index (χ2v) is 3.94. The van der Waals surface area contributed by atoms with Crippen molar-refractivity contribution in [3.8, 4) is 0 Å². The Bertz CT molecular complexity index is 137. The highest BCUT2D eigenvalue weighted by molar-refractivity contribution is 14.1. The Hall–Kier alpha value is 0.200. The van der Waals surface area contributed by atoms with Gasteiger partial charge in [0.15, 0.2) is 0 Å². The zero-order chi connectivity index (χ0) is 7.02. The summed E-state index contributed by atoms with van der Waals surface area (Å²) in [5, 5.41) is 0.